The zero-order valence-corrected chi connectivity index (χ0v) is 8.87. The first kappa shape index (κ1) is 10.8. The van der Waals surface area contributed by atoms with Crippen LogP contribution in [-0.4, -0.2) is 5.38 Å². The van der Waals surface area contributed by atoms with Crippen molar-refractivity contribution < 1.29 is 4.39 Å². The molecule has 0 radical (unpaired) electrons. The summed E-state index contributed by atoms with van der Waals surface area (Å²) in [5.74, 6) is -0.318. The lowest BCUT2D eigenvalue weighted by molar-refractivity contribution is 0.604. The van der Waals surface area contributed by atoms with Crippen LogP contribution >= 0.6 is 23.2 Å². The number of halogens is 3. The maximum absolute atomic E-state index is 13.3. The number of rotatable bonds is 3. The predicted molar refractivity (Wildman–Crippen MR) is 55.0 cm³/mol. The number of hydrogen-bond donors (Lipinski definition) is 0. The summed E-state index contributed by atoms with van der Waals surface area (Å²) in [6, 6.07) is 5.03. The van der Waals surface area contributed by atoms with Gasteiger partial charge in [0.1, 0.15) is 5.82 Å². The van der Waals surface area contributed by atoms with E-state index in [1.165, 1.54) is 0 Å². The van der Waals surface area contributed by atoms with E-state index in [-0.39, 0.29) is 16.2 Å². The third-order valence-electron chi connectivity index (χ3n) is 1.84. The summed E-state index contributed by atoms with van der Waals surface area (Å²) in [6.07, 6.45) is 1.40. The van der Waals surface area contributed by atoms with Crippen LogP contribution in [0.3, 0.4) is 0 Å². The Balaban J connectivity index is 2.71. The monoisotopic (exact) mass is 220 g/mol. The second kappa shape index (κ2) is 4.83. The molecule has 1 aromatic carbocycles. The largest absolute Gasteiger partial charge is 0.205 e. The second-order valence-corrected chi connectivity index (χ2v) is 4.18. The molecule has 0 nitrogen and oxygen atoms in total. The van der Waals surface area contributed by atoms with Crippen LogP contribution in [0.2, 0.25) is 5.02 Å². The van der Waals surface area contributed by atoms with Gasteiger partial charge in [0.2, 0.25) is 0 Å². The van der Waals surface area contributed by atoms with Gasteiger partial charge in [-0.1, -0.05) is 23.7 Å². The molecule has 3 heteroatoms. The zero-order chi connectivity index (χ0) is 9.84. The van der Waals surface area contributed by atoms with Gasteiger partial charge in [-0.25, -0.2) is 4.39 Å². The summed E-state index contributed by atoms with van der Waals surface area (Å²) in [6.45, 7) is 1.89. The van der Waals surface area contributed by atoms with Crippen LogP contribution in [0.15, 0.2) is 18.2 Å². The van der Waals surface area contributed by atoms with E-state index in [2.05, 4.69) is 0 Å². The molecular weight excluding hydrogens is 210 g/mol. The van der Waals surface area contributed by atoms with Crippen molar-refractivity contribution in [1.82, 2.24) is 0 Å². The summed E-state index contributed by atoms with van der Waals surface area (Å²) >= 11 is 11.4. The van der Waals surface area contributed by atoms with E-state index in [0.29, 0.717) is 12.0 Å². The fraction of sp³-hybridized carbons (Fsp3) is 0.400. The smallest absolute Gasteiger partial charge is 0.144 e. The average molecular weight is 221 g/mol. The highest BCUT2D eigenvalue weighted by molar-refractivity contribution is 6.30. The summed E-state index contributed by atoms with van der Waals surface area (Å²) < 4.78 is 13.3. The Hall–Kier alpha value is -0.270. The molecule has 0 aliphatic heterocycles. The highest BCUT2D eigenvalue weighted by Gasteiger charge is 2.06. The molecule has 1 unspecified atom stereocenters. The zero-order valence-electron chi connectivity index (χ0n) is 7.36. The number of hydrogen-bond acceptors (Lipinski definition) is 0. The molecule has 0 aromatic heterocycles. The van der Waals surface area contributed by atoms with E-state index in [4.69, 9.17) is 23.2 Å². The van der Waals surface area contributed by atoms with Crippen LogP contribution < -0.4 is 0 Å². The lowest BCUT2D eigenvalue weighted by atomic mass is 10.1. The quantitative estimate of drug-likeness (QED) is 0.675. The van der Waals surface area contributed by atoms with Crippen molar-refractivity contribution in [2.75, 3.05) is 0 Å². The van der Waals surface area contributed by atoms with Crippen molar-refractivity contribution in [2.24, 2.45) is 0 Å². The minimum absolute atomic E-state index is 0.0679. The van der Waals surface area contributed by atoms with Crippen molar-refractivity contribution in [3.05, 3.63) is 34.6 Å². The number of aryl methyl sites for hydroxylation is 1. The van der Waals surface area contributed by atoms with Crippen LogP contribution in [0.4, 0.5) is 4.39 Å². The molecule has 1 atom stereocenters. The standard InChI is InChI=1S/C10H11Cl2F/c1-7(11)5-6-8-3-2-4-9(12)10(8)13/h2-4,7H,5-6H2,1H3. The van der Waals surface area contributed by atoms with Gasteiger partial charge in [-0.3, -0.25) is 0 Å². The molecule has 0 aliphatic rings. The van der Waals surface area contributed by atoms with Crippen LogP contribution in [0.25, 0.3) is 0 Å². The molecule has 0 heterocycles. The number of benzene rings is 1. The minimum atomic E-state index is -0.318. The summed E-state index contributed by atoms with van der Waals surface area (Å²) in [4.78, 5) is 0. The predicted octanol–water partition coefficient (Wildman–Crippen LogP) is 4.04. The maximum atomic E-state index is 13.3. The van der Waals surface area contributed by atoms with Crippen molar-refractivity contribution in [2.45, 2.75) is 25.1 Å². The molecule has 13 heavy (non-hydrogen) atoms. The van der Waals surface area contributed by atoms with Gasteiger partial charge in [-0.05, 0) is 31.4 Å². The van der Waals surface area contributed by atoms with E-state index in [0.717, 1.165) is 6.42 Å². The van der Waals surface area contributed by atoms with Crippen LogP contribution in [0.1, 0.15) is 18.9 Å². The van der Waals surface area contributed by atoms with E-state index in [1.807, 2.05) is 6.92 Å². The molecule has 72 valence electrons. The first-order chi connectivity index (χ1) is 6.11. The molecule has 1 rings (SSSR count). The molecule has 0 spiro atoms. The first-order valence-electron chi connectivity index (χ1n) is 4.18. The Labute approximate surface area is 87.7 Å². The van der Waals surface area contributed by atoms with Crippen molar-refractivity contribution >= 4 is 23.2 Å². The van der Waals surface area contributed by atoms with Gasteiger partial charge < -0.3 is 0 Å². The van der Waals surface area contributed by atoms with E-state index >= 15 is 0 Å². The molecule has 0 N–H and O–H groups in total. The first-order valence-corrected chi connectivity index (χ1v) is 4.99. The fourth-order valence-electron chi connectivity index (χ4n) is 1.10. The number of alkyl halides is 1. The second-order valence-electron chi connectivity index (χ2n) is 3.03. The normalized spacial score (nSPS) is 12.9. The van der Waals surface area contributed by atoms with Crippen LogP contribution in [0.5, 0.6) is 0 Å². The van der Waals surface area contributed by atoms with Gasteiger partial charge >= 0.3 is 0 Å². The fourth-order valence-corrected chi connectivity index (χ4v) is 1.40. The summed E-state index contributed by atoms with van der Waals surface area (Å²) in [7, 11) is 0. The molecule has 0 saturated heterocycles. The van der Waals surface area contributed by atoms with Crippen molar-refractivity contribution in [1.29, 1.82) is 0 Å². The molecule has 0 fully saturated rings. The Morgan fingerprint density at radius 3 is 2.77 bits per heavy atom. The highest BCUT2D eigenvalue weighted by Crippen LogP contribution is 2.19. The lowest BCUT2D eigenvalue weighted by Gasteiger charge is -2.05. The Morgan fingerprint density at radius 2 is 2.15 bits per heavy atom. The van der Waals surface area contributed by atoms with Gasteiger partial charge in [0.25, 0.3) is 0 Å². The Morgan fingerprint density at radius 1 is 1.46 bits per heavy atom. The van der Waals surface area contributed by atoms with Gasteiger partial charge in [0, 0.05) is 5.38 Å². The van der Waals surface area contributed by atoms with Crippen LogP contribution in [0, 0.1) is 5.82 Å². The Kier molecular flexibility index (Phi) is 4.01. The van der Waals surface area contributed by atoms with Crippen molar-refractivity contribution in [3.8, 4) is 0 Å². The topological polar surface area (TPSA) is 0 Å². The van der Waals surface area contributed by atoms with Gasteiger partial charge in [-0.2, -0.15) is 0 Å². The van der Waals surface area contributed by atoms with E-state index in [1.54, 1.807) is 18.2 Å². The van der Waals surface area contributed by atoms with Gasteiger partial charge in [0.15, 0.2) is 0 Å². The highest BCUT2D eigenvalue weighted by atomic mass is 35.5. The molecule has 0 saturated carbocycles. The molecule has 0 bridgehead atoms. The third kappa shape index (κ3) is 3.17. The molecular formula is C10H11Cl2F. The maximum Gasteiger partial charge on any atom is 0.144 e. The SMILES string of the molecule is CC(Cl)CCc1cccc(Cl)c1F. The summed E-state index contributed by atoms with van der Waals surface area (Å²) in [5, 5.41) is 0.248. The minimum Gasteiger partial charge on any atom is -0.205 e. The molecule has 1 aromatic rings. The van der Waals surface area contributed by atoms with Gasteiger partial charge in [0.05, 0.1) is 5.02 Å². The Bertz CT molecular complexity index is 284. The van der Waals surface area contributed by atoms with Crippen LogP contribution in [-0.2, 0) is 6.42 Å². The third-order valence-corrected chi connectivity index (χ3v) is 2.35. The van der Waals surface area contributed by atoms with Crippen molar-refractivity contribution in [3.63, 3.8) is 0 Å². The molecule has 0 amide bonds. The lowest BCUT2D eigenvalue weighted by Crippen LogP contribution is -1.97. The average Bonchev–Trinajstić information content (AvgIpc) is 2.07. The van der Waals surface area contributed by atoms with E-state index < -0.39 is 0 Å². The summed E-state index contributed by atoms with van der Waals surface area (Å²) in [5.41, 5.74) is 0.639. The van der Waals surface area contributed by atoms with E-state index in [9.17, 15) is 4.39 Å². The van der Waals surface area contributed by atoms with Gasteiger partial charge in [-0.15, -0.1) is 11.6 Å². The molecule has 0 aliphatic carbocycles.